The van der Waals surface area contributed by atoms with Gasteiger partial charge in [-0.2, -0.15) is 0 Å². The Morgan fingerprint density at radius 2 is 0.745 bits per heavy atom. The van der Waals surface area contributed by atoms with Gasteiger partial charge in [0.2, 0.25) is 11.5 Å². The zero-order valence-corrected chi connectivity index (χ0v) is 32.8. The molecule has 0 N–H and O–H groups in total. The molecule has 12 nitrogen and oxygen atoms in total. The first-order valence-electron chi connectivity index (χ1n) is 18.6. The molecular formula is C43H52N4O8. The van der Waals surface area contributed by atoms with Crippen molar-refractivity contribution < 1.29 is 38.0 Å². The first-order valence-corrected chi connectivity index (χ1v) is 18.6. The third-order valence-corrected chi connectivity index (χ3v) is 10.5. The van der Waals surface area contributed by atoms with Gasteiger partial charge in [0.25, 0.3) is 11.8 Å². The molecule has 2 aliphatic rings. The van der Waals surface area contributed by atoms with Gasteiger partial charge in [-0.15, -0.1) is 0 Å². The Kier molecular flexibility index (Phi) is 13.0. The maximum Gasteiger partial charge on any atom is 0.253 e. The van der Waals surface area contributed by atoms with E-state index in [1.54, 1.807) is 42.7 Å². The maximum absolute atomic E-state index is 13.4. The van der Waals surface area contributed by atoms with Crippen molar-refractivity contribution in [2.24, 2.45) is 0 Å². The van der Waals surface area contributed by atoms with E-state index in [1.165, 1.54) is 0 Å². The maximum atomic E-state index is 13.4. The number of ether oxygens (including phenoxy) is 6. The summed E-state index contributed by atoms with van der Waals surface area (Å²) in [4.78, 5) is 35.5. The second-order valence-electron chi connectivity index (χ2n) is 13.6. The first kappa shape index (κ1) is 39.2. The minimum absolute atomic E-state index is 0.0537. The summed E-state index contributed by atoms with van der Waals surface area (Å²) in [6.45, 7) is 8.23. The van der Waals surface area contributed by atoms with Crippen molar-refractivity contribution >= 4 is 11.8 Å². The highest BCUT2D eigenvalue weighted by Gasteiger charge is 2.25. The van der Waals surface area contributed by atoms with Crippen molar-refractivity contribution in [1.29, 1.82) is 0 Å². The lowest BCUT2D eigenvalue weighted by Crippen LogP contribution is -2.50. The van der Waals surface area contributed by atoms with Gasteiger partial charge >= 0.3 is 0 Å². The van der Waals surface area contributed by atoms with Gasteiger partial charge in [0.1, 0.15) is 0 Å². The van der Waals surface area contributed by atoms with E-state index in [4.69, 9.17) is 28.4 Å². The van der Waals surface area contributed by atoms with E-state index in [0.29, 0.717) is 71.8 Å². The number of piperazine rings is 2. The van der Waals surface area contributed by atoms with E-state index in [-0.39, 0.29) is 11.8 Å². The average Bonchev–Trinajstić information content (AvgIpc) is 3.25. The predicted molar refractivity (Wildman–Crippen MR) is 212 cm³/mol. The zero-order chi connectivity index (χ0) is 38.9. The van der Waals surface area contributed by atoms with Crippen LogP contribution in [0.4, 0.5) is 0 Å². The molecule has 0 saturated carbocycles. The van der Waals surface area contributed by atoms with Crippen LogP contribution < -0.4 is 28.4 Å². The molecule has 55 heavy (non-hydrogen) atoms. The Morgan fingerprint density at radius 1 is 0.436 bits per heavy atom. The minimum Gasteiger partial charge on any atom is -0.493 e. The van der Waals surface area contributed by atoms with Crippen molar-refractivity contribution in [2.75, 3.05) is 108 Å². The molecule has 0 radical (unpaired) electrons. The first-order chi connectivity index (χ1) is 26.8. The molecule has 4 aromatic rings. The molecule has 0 atom stereocenters. The molecule has 2 saturated heterocycles. The zero-order valence-electron chi connectivity index (χ0n) is 32.8. The highest BCUT2D eigenvalue weighted by molar-refractivity contribution is 5.95. The molecule has 2 fully saturated rings. The molecule has 2 aliphatic heterocycles. The number of benzene rings is 4. The van der Waals surface area contributed by atoms with Crippen LogP contribution in [0.3, 0.4) is 0 Å². The summed E-state index contributed by atoms with van der Waals surface area (Å²) < 4.78 is 32.9. The third-order valence-electron chi connectivity index (χ3n) is 10.5. The molecule has 0 spiro atoms. The van der Waals surface area contributed by atoms with Crippen LogP contribution in [-0.2, 0) is 0 Å². The summed E-state index contributed by atoms with van der Waals surface area (Å²) in [5.74, 6) is 3.52. The average molecular weight is 753 g/mol. The van der Waals surface area contributed by atoms with Crippen molar-refractivity contribution in [3.63, 3.8) is 0 Å². The molecule has 292 valence electrons. The molecule has 0 bridgehead atoms. The number of carbonyl (C=O) groups excluding carboxylic acids is 2. The Balaban J connectivity index is 0.920. The van der Waals surface area contributed by atoms with Crippen LogP contribution in [0.25, 0.3) is 22.3 Å². The number of carbonyl (C=O) groups is 2. The number of hydrogen-bond donors (Lipinski definition) is 0. The number of methoxy groups -OCH3 is 6. The predicted octanol–water partition coefficient (Wildman–Crippen LogP) is 5.68. The SMILES string of the molecule is COc1cc(-c2ccc(C(=O)N3CCN(CCCN4CCN(C(=O)c5ccc(-c6cc(OC)c(OC)c(OC)c6)cc5)CC4)CC3)cc2)cc(OC)c1OC. The second kappa shape index (κ2) is 18.2. The molecule has 0 aliphatic carbocycles. The third kappa shape index (κ3) is 8.92. The summed E-state index contributed by atoms with van der Waals surface area (Å²) in [5, 5.41) is 0. The Bertz CT molecular complexity index is 1730. The smallest absolute Gasteiger partial charge is 0.253 e. The van der Waals surface area contributed by atoms with Gasteiger partial charge in [-0.05, 0) is 90.3 Å². The highest BCUT2D eigenvalue weighted by atomic mass is 16.5. The summed E-state index contributed by atoms with van der Waals surface area (Å²) in [6, 6.07) is 23.0. The van der Waals surface area contributed by atoms with Crippen LogP contribution in [0.5, 0.6) is 34.5 Å². The van der Waals surface area contributed by atoms with Gasteiger partial charge in [-0.3, -0.25) is 19.4 Å². The van der Waals surface area contributed by atoms with Crippen LogP contribution >= 0.6 is 0 Å². The van der Waals surface area contributed by atoms with Crippen molar-refractivity contribution in [1.82, 2.24) is 19.6 Å². The van der Waals surface area contributed by atoms with E-state index in [0.717, 1.165) is 67.9 Å². The molecule has 4 aromatic carbocycles. The lowest BCUT2D eigenvalue weighted by molar-refractivity contribution is 0.0606. The quantitative estimate of drug-likeness (QED) is 0.160. The van der Waals surface area contributed by atoms with Crippen molar-refractivity contribution in [3.8, 4) is 56.8 Å². The van der Waals surface area contributed by atoms with Gasteiger partial charge in [0.05, 0.1) is 42.7 Å². The van der Waals surface area contributed by atoms with Crippen LogP contribution in [0, 0.1) is 0 Å². The number of amides is 2. The summed E-state index contributed by atoms with van der Waals surface area (Å²) in [7, 11) is 9.55. The van der Waals surface area contributed by atoms with E-state index < -0.39 is 0 Å². The van der Waals surface area contributed by atoms with Crippen molar-refractivity contribution in [2.45, 2.75) is 6.42 Å². The second-order valence-corrected chi connectivity index (χ2v) is 13.6. The fourth-order valence-electron chi connectivity index (χ4n) is 7.34. The molecule has 0 unspecified atom stereocenters. The summed E-state index contributed by atoms with van der Waals surface area (Å²) in [6.07, 6.45) is 1.05. The van der Waals surface area contributed by atoms with E-state index in [2.05, 4.69) is 9.80 Å². The van der Waals surface area contributed by atoms with Gasteiger partial charge in [0, 0.05) is 63.5 Å². The largest absolute Gasteiger partial charge is 0.493 e. The van der Waals surface area contributed by atoms with Crippen LogP contribution in [0.2, 0.25) is 0 Å². The normalized spacial score (nSPS) is 15.0. The fourth-order valence-corrected chi connectivity index (χ4v) is 7.34. The topological polar surface area (TPSA) is 102 Å². The highest BCUT2D eigenvalue weighted by Crippen LogP contribution is 2.42. The Labute approximate surface area is 324 Å². The Hall–Kier alpha value is -5.46. The van der Waals surface area contributed by atoms with Crippen LogP contribution in [0.15, 0.2) is 72.8 Å². The van der Waals surface area contributed by atoms with Crippen LogP contribution in [-0.4, -0.2) is 140 Å². The Morgan fingerprint density at radius 3 is 1.02 bits per heavy atom. The van der Waals surface area contributed by atoms with Gasteiger partial charge in [0.15, 0.2) is 23.0 Å². The summed E-state index contributed by atoms with van der Waals surface area (Å²) >= 11 is 0. The van der Waals surface area contributed by atoms with Crippen LogP contribution in [0.1, 0.15) is 27.1 Å². The molecule has 2 amide bonds. The van der Waals surface area contributed by atoms with Crippen molar-refractivity contribution in [3.05, 3.63) is 83.9 Å². The van der Waals surface area contributed by atoms with E-state index >= 15 is 0 Å². The number of nitrogens with zero attached hydrogens (tertiary/aromatic N) is 4. The number of hydrogen-bond acceptors (Lipinski definition) is 10. The lowest BCUT2D eigenvalue weighted by atomic mass is 10.0. The number of rotatable bonds is 14. The molecule has 0 aromatic heterocycles. The molecule has 12 heteroatoms. The molecular weight excluding hydrogens is 700 g/mol. The molecule has 2 heterocycles. The lowest BCUT2D eigenvalue weighted by Gasteiger charge is -2.37. The molecule has 6 rings (SSSR count). The van der Waals surface area contributed by atoms with Gasteiger partial charge in [-0.1, -0.05) is 24.3 Å². The standard InChI is InChI=1S/C43H52N4O8/c1-50-36-26-34(27-37(51-2)40(36)54-5)30-8-12-32(13-9-30)42(48)46-22-18-44(19-23-46)16-7-17-45-20-24-47(25-21-45)43(49)33-14-10-31(11-15-33)35-28-38(52-3)41(55-6)39(29-35)53-4/h8-15,26-29H,7,16-25H2,1-6H3. The minimum atomic E-state index is 0.0537. The van der Waals surface area contributed by atoms with E-state index in [9.17, 15) is 9.59 Å². The summed E-state index contributed by atoms with van der Waals surface area (Å²) in [5.41, 5.74) is 5.08. The fraction of sp³-hybridized carbons (Fsp3) is 0.395. The van der Waals surface area contributed by atoms with Gasteiger partial charge in [-0.25, -0.2) is 0 Å². The van der Waals surface area contributed by atoms with Gasteiger partial charge < -0.3 is 38.2 Å². The monoisotopic (exact) mass is 752 g/mol. The van der Waals surface area contributed by atoms with E-state index in [1.807, 2.05) is 82.6 Å².